The molecule has 1 spiro atoms. The number of halogens is 1. The van der Waals surface area contributed by atoms with Crippen LogP contribution in [0.1, 0.15) is 28.8 Å². The first kappa shape index (κ1) is 16.1. The summed E-state index contributed by atoms with van der Waals surface area (Å²) in [6.07, 6.45) is 1.24. The normalized spacial score (nSPS) is 24.1. The van der Waals surface area contributed by atoms with Crippen molar-refractivity contribution in [3.63, 3.8) is 0 Å². The molecule has 2 aromatic rings. The summed E-state index contributed by atoms with van der Waals surface area (Å²) in [6, 6.07) is 10.3. The van der Waals surface area contributed by atoms with E-state index in [2.05, 4.69) is 0 Å². The Balaban J connectivity index is 1.72. The molecule has 2 aliphatic rings. The number of hydrogen-bond acceptors (Lipinski definition) is 5. The monoisotopic (exact) mass is 383 g/mol. The van der Waals surface area contributed by atoms with Crippen LogP contribution < -0.4 is 0 Å². The van der Waals surface area contributed by atoms with Crippen molar-refractivity contribution < 1.29 is 17.9 Å². The first-order valence-electron chi connectivity index (χ1n) is 7.51. The number of nitrogens with zero attached hydrogens (tertiary/aromatic N) is 1. The zero-order valence-electron chi connectivity index (χ0n) is 12.6. The molecule has 1 atom stereocenters. The number of carbonyl (C=O) groups excluding carboxylic acids is 1. The number of esters is 1. The standard InChI is InChI=1S/C16H14ClNO4S2/c17-13-6-7-14(23-13)24(20,21)18-9-3-8-16(10-18)12-5-2-1-4-11(12)15(19)22-16/h1-2,4-7H,3,8-10H2. The predicted octanol–water partition coefficient (Wildman–Crippen LogP) is 3.25. The largest absolute Gasteiger partial charge is 0.449 e. The van der Waals surface area contributed by atoms with E-state index in [0.717, 1.165) is 16.9 Å². The average Bonchev–Trinajstić information content (AvgIpc) is 3.12. The number of carbonyl (C=O) groups is 1. The average molecular weight is 384 g/mol. The Morgan fingerprint density at radius 3 is 2.75 bits per heavy atom. The molecule has 2 aliphatic heterocycles. The van der Waals surface area contributed by atoms with Crippen LogP contribution >= 0.6 is 22.9 Å². The first-order chi connectivity index (χ1) is 11.4. The van der Waals surface area contributed by atoms with E-state index >= 15 is 0 Å². The van der Waals surface area contributed by atoms with Gasteiger partial charge < -0.3 is 4.74 Å². The molecule has 0 radical (unpaired) electrons. The molecule has 8 heteroatoms. The van der Waals surface area contributed by atoms with Crippen molar-refractivity contribution in [1.82, 2.24) is 4.31 Å². The Bertz CT molecular complexity index is 924. The van der Waals surface area contributed by atoms with Gasteiger partial charge in [-0.15, -0.1) is 11.3 Å². The SMILES string of the molecule is O=C1OC2(CCCN(S(=O)(=O)c3ccc(Cl)s3)C2)c2ccccc21. The van der Waals surface area contributed by atoms with Crippen LogP contribution in [0.5, 0.6) is 0 Å². The highest BCUT2D eigenvalue weighted by Crippen LogP contribution is 2.44. The molecule has 1 aromatic carbocycles. The first-order valence-corrected chi connectivity index (χ1v) is 10.1. The molecule has 1 saturated heterocycles. The maximum Gasteiger partial charge on any atom is 0.339 e. The molecule has 4 rings (SSSR count). The molecule has 1 unspecified atom stereocenters. The predicted molar refractivity (Wildman–Crippen MR) is 90.9 cm³/mol. The molecule has 0 amide bonds. The molecule has 0 saturated carbocycles. The minimum Gasteiger partial charge on any atom is -0.449 e. The molecule has 0 N–H and O–H groups in total. The van der Waals surface area contributed by atoms with Crippen molar-refractivity contribution in [2.45, 2.75) is 22.7 Å². The number of thiophene rings is 1. The number of fused-ring (bicyclic) bond motifs is 2. The fourth-order valence-corrected chi connectivity index (χ4v) is 6.56. The lowest BCUT2D eigenvalue weighted by Gasteiger charge is -2.38. The third-order valence-electron chi connectivity index (χ3n) is 4.49. The van der Waals surface area contributed by atoms with Gasteiger partial charge in [0.15, 0.2) is 5.60 Å². The highest BCUT2D eigenvalue weighted by atomic mass is 35.5. The number of hydrogen-bond donors (Lipinski definition) is 0. The molecule has 0 bridgehead atoms. The molecule has 5 nitrogen and oxygen atoms in total. The van der Waals surface area contributed by atoms with Crippen LogP contribution in [0.2, 0.25) is 4.34 Å². The van der Waals surface area contributed by atoms with Gasteiger partial charge in [0.05, 0.1) is 16.4 Å². The maximum absolute atomic E-state index is 12.9. The lowest BCUT2D eigenvalue weighted by atomic mass is 9.86. The van der Waals surface area contributed by atoms with Crippen LogP contribution in [0.25, 0.3) is 0 Å². The summed E-state index contributed by atoms with van der Waals surface area (Å²) in [5.74, 6) is -0.385. The zero-order valence-corrected chi connectivity index (χ0v) is 15.0. The van der Waals surface area contributed by atoms with E-state index in [1.54, 1.807) is 18.2 Å². The number of sulfonamides is 1. The summed E-state index contributed by atoms with van der Waals surface area (Å²) < 4.78 is 33.4. The summed E-state index contributed by atoms with van der Waals surface area (Å²) >= 11 is 6.91. The van der Waals surface area contributed by atoms with E-state index in [0.29, 0.717) is 29.3 Å². The minimum absolute atomic E-state index is 0.133. The van der Waals surface area contributed by atoms with Crippen molar-refractivity contribution in [1.29, 1.82) is 0 Å². The van der Waals surface area contributed by atoms with Gasteiger partial charge in [0, 0.05) is 12.1 Å². The number of piperidine rings is 1. The second-order valence-electron chi connectivity index (χ2n) is 5.93. The fraction of sp³-hybridized carbons (Fsp3) is 0.312. The van der Waals surface area contributed by atoms with Crippen LogP contribution in [0.15, 0.2) is 40.6 Å². The van der Waals surface area contributed by atoms with Crippen molar-refractivity contribution in [3.05, 3.63) is 51.9 Å². The van der Waals surface area contributed by atoms with Crippen LogP contribution in [-0.2, 0) is 20.4 Å². The molecule has 1 aromatic heterocycles. The van der Waals surface area contributed by atoms with Crippen molar-refractivity contribution in [2.75, 3.05) is 13.1 Å². The van der Waals surface area contributed by atoms with Gasteiger partial charge in [-0.1, -0.05) is 29.8 Å². The molecule has 126 valence electrons. The molecule has 3 heterocycles. The van der Waals surface area contributed by atoms with Gasteiger partial charge >= 0.3 is 5.97 Å². The Morgan fingerprint density at radius 2 is 2.00 bits per heavy atom. The second-order valence-corrected chi connectivity index (χ2v) is 9.81. The molecular formula is C16H14ClNO4S2. The summed E-state index contributed by atoms with van der Waals surface area (Å²) in [5, 5.41) is 0. The summed E-state index contributed by atoms with van der Waals surface area (Å²) in [7, 11) is -3.65. The smallest absolute Gasteiger partial charge is 0.339 e. The van der Waals surface area contributed by atoms with E-state index < -0.39 is 15.6 Å². The number of ether oxygens (including phenoxy) is 1. The maximum atomic E-state index is 12.9. The van der Waals surface area contributed by atoms with E-state index in [9.17, 15) is 13.2 Å². The van der Waals surface area contributed by atoms with Gasteiger partial charge in [-0.2, -0.15) is 4.31 Å². The van der Waals surface area contributed by atoms with Gasteiger partial charge in [-0.25, -0.2) is 13.2 Å². The second kappa shape index (κ2) is 5.56. The van der Waals surface area contributed by atoms with Gasteiger partial charge in [-0.05, 0) is 31.0 Å². The molecule has 24 heavy (non-hydrogen) atoms. The Kier molecular flexibility index (Phi) is 3.72. The number of benzene rings is 1. The lowest BCUT2D eigenvalue weighted by Crippen LogP contribution is -2.48. The van der Waals surface area contributed by atoms with E-state index in [1.165, 1.54) is 10.4 Å². The molecular weight excluding hydrogens is 370 g/mol. The van der Waals surface area contributed by atoms with Crippen LogP contribution in [-0.4, -0.2) is 31.8 Å². The van der Waals surface area contributed by atoms with Gasteiger partial charge in [0.1, 0.15) is 4.21 Å². The highest BCUT2D eigenvalue weighted by Gasteiger charge is 2.50. The minimum atomic E-state index is -3.65. The fourth-order valence-electron chi connectivity index (χ4n) is 3.40. The Morgan fingerprint density at radius 1 is 1.21 bits per heavy atom. The molecule has 1 fully saturated rings. The van der Waals surface area contributed by atoms with Gasteiger partial charge in [-0.3, -0.25) is 0 Å². The topological polar surface area (TPSA) is 63.7 Å². The summed E-state index contributed by atoms with van der Waals surface area (Å²) in [4.78, 5) is 12.2. The Hall–Kier alpha value is -1.41. The quantitative estimate of drug-likeness (QED) is 0.747. The van der Waals surface area contributed by atoms with Crippen LogP contribution in [0.4, 0.5) is 0 Å². The van der Waals surface area contributed by atoms with Crippen molar-refractivity contribution >= 4 is 38.9 Å². The molecule has 0 aliphatic carbocycles. The third kappa shape index (κ3) is 2.38. The van der Waals surface area contributed by atoms with Crippen LogP contribution in [0, 0.1) is 0 Å². The van der Waals surface area contributed by atoms with Gasteiger partial charge in [0.2, 0.25) is 0 Å². The lowest BCUT2D eigenvalue weighted by molar-refractivity contribution is -0.0345. The number of rotatable bonds is 2. The third-order valence-corrected chi connectivity index (χ3v) is 8.03. The zero-order chi connectivity index (χ0) is 16.9. The van der Waals surface area contributed by atoms with E-state index in [1.807, 2.05) is 12.1 Å². The summed E-state index contributed by atoms with van der Waals surface area (Å²) in [5.41, 5.74) is 0.412. The van der Waals surface area contributed by atoms with Gasteiger partial charge in [0.25, 0.3) is 10.0 Å². The van der Waals surface area contributed by atoms with E-state index in [-0.39, 0.29) is 16.7 Å². The van der Waals surface area contributed by atoms with Crippen molar-refractivity contribution in [2.24, 2.45) is 0 Å². The van der Waals surface area contributed by atoms with E-state index in [4.69, 9.17) is 16.3 Å². The Labute approximate surface area is 148 Å². The van der Waals surface area contributed by atoms with Crippen LogP contribution in [0.3, 0.4) is 0 Å². The highest BCUT2D eigenvalue weighted by molar-refractivity contribution is 7.91. The summed E-state index contributed by atoms with van der Waals surface area (Å²) in [6.45, 7) is 0.535. The van der Waals surface area contributed by atoms with Crippen molar-refractivity contribution in [3.8, 4) is 0 Å².